The highest BCUT2D eigenvalue weighted by molar-refractivity contribution is 6.42. The lowest BCUT2D eigenvalue weighted by atomic mass is 9.79. The van der Waals surface area contributed by atoms with Gasteiger partial charge in [-0.15, -0.1) is 5.10 Å². The van der Waals surface area contributed by atoms with E-state index in [0.29, 0.717) is 27.1 Å². The second-order valence-electron chi connectivity index (χ2n) is 6.64. The molecule has 0 bridgehead atoms. The van der Waals surface area contributed by atoms with Crippen LogP contribution in [0.2, 0.25) is 10.0 Å². The SMILES string of the molecule is CC(C)(C)c1[nH]nc2c1C(c1cccc(Cl)c1Cl)C(C#N)=C(N)O2. The van der Waals surface area contributed by atoms with E-state index < -0.39 is 5.92 Å². The van der Waals surface area contributed by atoms with Crippen molar-refractivity contribution in [3.63, 3.8) is 0 Å². The van der Waals surface area contributed by atoms with Gasteiger partial charge in [-0.3, -0.25) is 5.10 Å². The molecule has 0 radical (unpaired) electrons. The first-order valence-corrected chi connectivity index (χ1v) is 8.11. The molecule has 0 saturated carbocycles. The van der Waals surface area contributed by atoms with Gasteiger partial charge in [0.1, 0.15) is 11.6 Å². The van der Waals surface area contributed by atoms with Crippen LogP contribution in [0, 0.1) is 11.3 Å². The largest absolute Gasteiger partial charge is 0.420 e. The Hall–Kier alpha value is -2.16. The summed E-state index contributed by atoms with van der Waals surface area (Å²) in [5.74, 6) is -0.103. The number of halogens is 2. The number of aromatic amines is 1. The number of ether oxygens (including phenoxy) is 1. The Morgan fingerprint density at radius 2 is 2.04 bits per heavy atom. The van der Waals surface area contributed by atoms with Crippen LogP contribution in [0.4, 0.5) is 0 Å². The monoisotopic (exact) mass is 362 g/mol. The topological polar surface area (TPSA) is 87.7 Å². The summed E-state index contributed by atoms with van der Waals surface area (Å²) in [5, 5.41) is 17.7. The Bertz CT molecular complexity index is 887. The first-order chi connectivity index (χ1) is 11.3. The van der Waals surface area contributed by atoms with E-state index in [0.717, 1.165) is 11.3 Å². The van der Waals surface area contributed by atoms with E-state index in [1.165, 1.54) is 0 Å². The number of hydrogen-bond donors (Lipinski definition) is 2. The fraction of sp³-hybridized carbons (Fsp3) is 0.294. The van der Waals surface area contributed by atoms with E-state index in [1.54, 1.807) is 12.1 Å². The van der Waals surface area contributed by atoms with Crippen LogP contribution in [0.25, 0.3) is 0 Å². The van der Waals surface area contributed by atoms with Crippen molar-refractivity contribution < 1.29 is 4.74 Å². The summed E-state index contributed by atoms with van der Waals surface area (Å²) in [6.45, 7) is 6.14. The lowest BCUT2D eigenvalue weighted by Gasteiger charge is -2.28. The summed E-state index contributed by atoms with van der Waals surface area (Å²) in [6.07, 6.45) is 0. The van der Waals surface area contributed by atoms with Crippen molar-refractivity contribution in [3.8, 4) is 11.9 Å². The highest BCUT2D eigenvalue weighted by atomic mass is 35.5. The Kier molecular flexibility index (Phi) is 3.98. The van der Waals surface area contributed by atoms with Crippen LogP contribution in [0.1, 0.15) is 43.5 Å². The molecule has 3 N–H and O–H groups in total. The number of nitriles is 1. The third kappa shape index (κ3) is 2.52. The molecule has 24 heavy (non-hydrogen) atoms. The predicted octanol–water partition coefficient (Wildman–Crippen LogP) is 4.23. The van der Waals surface area contributed by atoms with E-state index in [4.69, 9.17) is 33.7 Å². The number of allylic oxidation sites excluding steroid dienone is 1. The molecule has 124 valence electrons. The molecular weight excluding hydrogens is 347 g/mol. The number of hydrogen-bond acceptors (Lipinski definition) is 4. The van der Waals surface area contributed by atoms with Gasteiger partial charge in [-0.2, -0.15) is 5.26 Å². The predicted molar refractivity (Wildman–Crippen MR) is 93.0 cm³/mol. The zero-order valence-electron chi connectivity index (χ0n) is 13.4. The van der Waals surface area contributed by atoms with Gasteiger partial charge in [0, 0.05) is 11.1 Å². The highest BCUT2D eigenvalue weighted by Gasteiger charge is 2.38. The molecule has 2 aromatic rings. The zero-order valence-corrected chi connectivity index (χ0v) is 15.0. The van der Waals surface area contributed by atoms with Gasteiger partial charge in [0.2, 0.25) is 11.8 Å². The molecule has 1 aromatic heterocycles. The number of rotatable bonds is 1. The molecule has 0 amide bonds. The molecule has 0 spiro atoms. The van der Waals surface area contributed by atoms with Crippen LogP contribution in [0.5, 0.6) is 5.88 Å². The molecule has 2 heterocycles. The maximum absolute atomic E-state index is 9.64. The van der Waals surface area contributed by atoms with Crippen molar-refractivity contribution in [2.75, 3.05) is 0 Å². The van der Waals surface area contributed by atoms with Gasteiger partial charge in [0.05, 0.1) is 21.5 Å². The minimum Gasteiger partial charge on any atom is -0.420 e. The van der Waals surface area contributed by atoms with E-state index >= 15 is 0 Å². The van der Waals surface area contributed by atoms with Crippen molar-refractivity contribution in [2.24, 2.45) is 5.73 Å². The summed E-state index contributed by atoms with van der Waals surface area (Å²) >= 11 is 12.6. The van der Waals surface area contributed by atoms with Gasteiger partial charge in [-0.05, 0) is 11.6 Å². The summed E-state index contributed by atoms with van der Waals surface area (Å²) in [6, 6.07) is 7.47. The van der Waals surface area contributed by atoms with Gasteiger partial charge < -0.3 is 10.5 Å². The number of nitrogens with zero attached hydrogens (tertiary/aromatic N) is 2. The minimum atomic E-state index is -0.488. The van der Waals surface area contributed by atoms with Crippen molar-refractivity contribution in [3.05, 3.63) is 56.5 Å². The average molecular weight is 363 g/mol. The Balaban J connectivity index is 2.33. The third-order valence-corrected chi connectivity index (χ3v) is 4.81. The zero-order chi connectivity index (χ0) is 17.6. The van der Waals surface area contributed by atoms with Crippen LogP contribution >= 0.6 is 23.2 Å². The summed E-state index contributed by atoms with van der Waals surface area (Å²) in [7, 11) is 0. The molecule has 0 fully saturated rings. The fourth-order valence-electron chi connectivity index (χ4n) is 2.87. The Morgan fingerprint density at radius 3 is 2.67 bits per heavy atom. The van der Waals surface area contributed by atoms with Crippen LogP contribution in [-0.2, 0) is 5.41 Å². The lowest BCUT2D eigenvalue weighted by Crippen LogP contribution is -2.24. The molecule has 5 nitrogen and oxygen atoms in total. The molecule has 0 saturated heterocycles. The Morgan fingerprint density at radius 1 is 1.33 bits per heavy atom. The molecule has 7 heteroatoms. The number of nitrogens with two attached hydrogens (primary N) is 1. The van der Waals surface area contributed by atoms with Gasteiger partial charge in [0.25, 0.3) is 0 Å². The van der Waals surface area contributed by atoms with E-state index in [1.807, 2.05) is 26.8 Å². The quantitative estimate of drug-likeness (QED) is 0.794. The van der Waals surface area contributed by atoms with Crippen molar-refractivity contribution in [1.29, 1.82) is 5.26 Å². The summed E-state index contributed by atoms with van der Waals surface area (Å²) in [5.41, 5.74) is 8.31. The number of benzene rings is 1. The fourth-order valence-corrected chi connectivity index (χ4v) is 3.29. The van der Waals surface area contributed by atoms with Crippen LogP contribution < -0.4 is 10.5 Å². The maximum atomic E-state index is 9.64. The second-order valence-corrected chi connectivity index (χ2v) is 7.42. The second kappa shape index (κ2) is 5.73. The Labute approximate surface area is 150 Å². The summed E-state index contributed by atoms with van der Waals surface area (Å²) < 4.78 is 5.55. The van der Waals surface area contributed by atoms with Gasteiger partial charge in [-0.1, -0.05) is 56.1 Å². The number of H-pyrrole nitrogens is 1. The number of fused-ring (bicyclic) bond motifs is 1. The molecular formula is C17H16Cl2N4O. The van der Waals surface area contributed by atoms with Crippen molar-refractivity contribution in [1.82, 2.24) is 10.2 Å². The third-order valence-electron chi connectivity index (χ3n) is 3.98. The molecule has 0 aliphatic carbocycles. The van der Waals surface area contributed by atoms with Crippen molar-refractivity contribution in [2.45, 2.75) is 32.1 Å². The molecule has 3 rings (SSSR count). The van der Waals surface area contributed by atoms with Crippen LogP contribution in [-0.4, -0.2) is 10.2 Å². The first kappa shape index (κ1) is 16.7. The van der Waals surface area contributed by atoms with Gasteiger partial charge in [-0.25, -0.2) is 0 Å². The maximum Gasteiger partial charge on any atom is 0.244 e. The van der Waals surface area contributed by atoms with Crippen molar-refractivity contribution >= 4 is 23.2 Å². The molecule has 1 aromatic carbocycles. The highest BCUT2D eigenvalue weighted by Crippen LogP contribution is 2.47. The van der Waals surface area contributed by atoms with Crippen LogP contribution in [0.15, 0.2) is 29.7 Å². The normalized spacial score (nSPS) is 17.2. The number of aromatic nitrogens is 2. The molecule has 1 aliphatic heterocycles. The number of nitrogens with one attached hydrogen (secondary N) is 1. The van der Waals surface area contributed by atoms with E-state index in [9.17, 15) is 5.26 Å². The minimum absolute atomic E-state index is 0.0259. The molecule has 1 atom stereocenters. The van der Waals surface area contributed by atoms with Crippen LogP contribution in [0.3, 0.4) is 0 Å². The smallest absolute Gasteiger partial charge is 0.244 e. The van der Waals surface area contributed by atoms with Gasteiger partial charge >= 0.3 is 0 Å². The standard InChI is InChI=1S/C17H16Cl2N4O/c1-17(2,3)14-12-11(8-5-4-6-10(18)13(8)19)9(7-20)15(21)24-16(12)23-22-14/h4-6,11H,21H2,1-3H3,(H,22,23). The first-order valence-electron chi connectivity index (χ1n) is 7.36. The van der Waals surface area contributed by atoms with E-state index in [2.05, 4.69) is 16.3 Å². The molecule has 1 aliphatic rings. The van der Waals surface area contributed by atoms with E-state index in [-0.39, 0.29) is 11.3 Å². The van der Waals surface area contributed by atoms with Gasteiger partial charge in [0.15, 0.2) is 0 Å². The average Bonchev–Trinajstić information content (AvgIpc) is 2.92. The lowest BCUT2D eigenvalue weighted by molar-refractivity contribution is 0.378. The summed E-state index contributed by atoms with van der Waals surface area (Å²) in [4.78, 5) is 0. The molecule has 1 unspecified atom stereocenters.